The number of nitrogens with one attached hydrogen (secondary N) is 2. The van der Waals surface area contributed by atoms with Crippen LogP contribution in [0.2, 0.25) is 0 Å². The lowest BCUT2D eigenvalue weighted by atomic mass is 9.94. The minimum Gasteiger partial charge on any atom is -0.463 e. The molecule has 1 aliphatic heterocycles. The van der Waals surface area contributed by atoms with E-state index in [0.29, 0.717) is 32.1 Å². The van der Waals surface area contributed by atoms with Crippen LogP contribution < -0.4 is 10.6 Å². The highest BCUT2D eigenvalue weighted by molar-refractivity contribution is 5.86. The largest absolute Gasteiger partial charge is 0.463 e. The summed E-state index contributed by atoms with van der Waals surface area (Å²) in [5.41, 5.74) is 2.89. The minimum atomic E-state index is -0.625. The lowest BCUT2D eigenvalue weighted by Gasteiger charge is -2.24. The number of aliphatic hydroxyl groups is 1. The van der Waals surface area contributed by atoms with Crippen molar-refractivity contribution in [2.24, 2.45) is 11.8 Å². The van der Waals surface area contributed by atoms with Crippen molar-refractivity contribution in [3.8, 4) is 0 Å². The molecule has 3 aromatic rings. The summed E-state index contributed by atoms with van der Waals surface area (Å²) in [5.74, 6) is -1.81. The Kier molecular flexibility index (Phi) is 11.9. The first-order chi connectivity index (χ1) is 20.5. The molecule has 0 bridgehead atoms. The van der Waals surface area contributed by atoms with E-state index in [2.05, 4.69) is 10.6 Å². The summed E-state index contributed by atoms with van der Waals surface area (Å²) >= 11 is 0. The van der Waals surface area contributed by atoms with Crippen LogP contribution in [-0.4, -0.2) is 42.1 Å². The van der Waals surface area contributed by atoms with Crippen LogP contribution >= 0.6 is 0 Å². The number of amides is 2. The number of aliphatic hydroxyl groups excluding tert-OH is 1. The van der Waals surface area contributed by atoms with Gasteiger partial charge in [-0.3, -0.25) is 14.4 Å². The Morgan fingerprint density at radius 2 is 1.52 bits per heavy atom. The number of rotatable bonds is 9. The smallest absolute Gasteiger partial charge is 0.309 e. The van der Waals surface area contributed by atoms with Gasteiger partial charge in [-0.2, -0.15) is 0 Å². The zero-order valence-corrected chi connectivity index (χ0v) is 23.9. The van der Waals surface area contributed by atoms with Crippen LogP contribution in [0.5, 0.6) is 0 Å². The molecule has 0 spiro atoms. The van der Waals surface area contributed by atoms with Crippen molar-refractivity contribution in [2.45, 2.75) is 50.6 Å². The highest BCUT2D eigenvalue weighted by Crippen LogP contribution is 2.22. The quantitative estimate of drug-likeness (QED) is 0.256. The SMILES string of the molecule is O=C(C[C@H]1CC=CCC[C@H](Cc2ccccc2)C(=O)OC[C@H](c2ccccc2)NC1=O)N[C@@H](CO)Cc1ccccc1. The first-order valence-corrected chi connectivity index (χ1v) is 14.7. The van der Waals surface area contributed by atoms with Crippen LogP contribution in [0.4, 0.5) is 0 Å². The number of cyclic esters (lactones) is 1. The maximum absolute atomic E-state index is 13.6. The number of benzene rings is 3. The second-order valence-corrected chi connectivity index (χ2v) is 10.8. The third-order valence-electron chi connectivity index (χ3n) is 7.55. The molecule has 0 aromatic heterocycles. The Morgan fingerprint density at radius 3 is 2.19 bits per heavy atom. The molecule has 0 aliphatic carbocycles. The zero-order chi connectivity index (χ0) is 29.6. The van der Waals surface area contributed by atoms with Gasteiger partial charge in [-0.15, -0.1) is 0 Å². The fourth-order valence-corrected chi connectivity index (χ4v) is 5.21. The van der Waals surface area contributed by atoms with Gasteiger partial charge in [-0.05, 0) is 48.8 Å². The van der Waals surface area contributed by atoms with Crippen molar-refractivity contribution in [2.75, 3.05) is 13.2 Å². The van der Waals surface area contributed by atoms with Gasteiger partial charge < -0.3 is 20.5 Å². The number of hydrogen-bond donors (Lipinski definition) is 3. The van der Waals surface area contributed by atoms with Gasteiger partial charge in [0.25, 0.3) is 0 Å². The van der Waals surface area contributed by atoms with E-state index in [1.54, 1.807) is 0 Å². The monoisotopic (exact) mass is 568 g/mol. The predicted molar refractivity (Wildman–Crippen MR) is 162 cm³/mol. The Labute approximate surface area is 248 Å². The number of carbonyl (C=O) groups excluding carboxylic acids is 3. The molecule has 7 nitrogen and oxygen atoms in total. The van der Waals surface area contributed by atoms with Crippen LogP contribution in [-0.2, 0) is 32.0 Å². The van der Waals surface area contributed by atoms with Gasteiger partial charge in [0.1, 0.15) is 6.61 Å². The highest BCUT2D eigenvalue weighted by atomic mass is 16.5. The number of allylic oxidation sites excluding steroid dienone is 2. The van der Waals surface area contributed by atoms with E-state index >= 15 is 0 Å². The average Bonchev–Trinajstić information content (AvgIpc) is 3.03. The molecule has 1 heterocycles. The molecule has 0 unspecified atom stereocenters. The van der Waals surface area contributed by atoms with Crippen molar-refractivity contribution in [3.63, 3.8) is 0 Å². The van der Waals surface area contributed by atoms with Gasteiger partial charge in [0, 0.05) is 6.42 Å². The van der Waals surface area contributed by atoms with Crippen molar-refractivity contribution >= 4 is 17.8 Å². The highest BCUT2D eigenvalue weighted by Gasteiger charge is 2.28. The molecule has 2 amide bonds. The number of carbonyl (C=O) groups is 3. The first kappa shape index (κ1) is 30.7. The van der Waals surface area contributed by atoms with Crippen LogP contribution in [0, 0.1) is 11.8 Å². The van der Waals surface area contributed by atoms with Crippen molar-refractivity contribution in [3.05, 3.63) is 120 Å². The summed E-state index contributed by atoms with van der Waals surface area (Å²) in [6.07, 6.45) is 6.58. The summed E-state index contributed by atoms with van der Waals surface area (Å²) in [5, 5.41) is 15.8. The summed E-state index contributed by atoms with van der Waals surface area (Å²) in [6, 6.07) is 27.9. The molecule has 4 rings (SSSR count). The van der Waals surface area contributed by atoms with Gasteiger partial charge in [0.05, 0.1) is 30.5 Å². The van der Waals surface area contributed by atoms with Crippen molar-refractivity contribution in [1.29, 1.82) is 0 Å². The van der Waals surface area contributed by atoms with Crippen molar-refractivity contribution in [1.82, 2.24) is 10.6 Å². The second kappa shape index (κ2) is 16.3. The summed E-state index contributed by atoms with van der Waals surface area (Å²) in [7, 11) is 0. The molecule has 0 radical (unpaired) electrons. The predicted octanol–water partition coefficient (Wildman–Crippen LogP) is 4.71. The molecule has 3 N–H and O–H groups in total. The van der Waals surface area contributed by atoms with Gasteiger partial charge in [-0.25, -0.2) is 0 Å². The van der Waals surface area contributed by atoms with Crippen LogP contribution in [0.15, 0.2) is 103 Å². The van der Waals surface area contributed by atoms with Crippen LogP contribution in [0.25, 0.3) is 0 Å². The Morgan fingerprint density at radius 1 is 0.881 bits per heavy atom. The molecule has 7 heteroatoms. The minimum absolute atomic E-state index is 0.00408. The molecular formula is C35H40N2O5. The Hall–Kier alpha value is -4.23. The van der Waals surface area contributed by atoms with Gasteiger partial charge in [-0.1, -0.05) is 103 Å². The molecule has 220 valence electrons. The van der Waals surface area contributed by atoms with Crippen molar-refractivity contribution < 1.29 is 24.2 Å². The topological polar surface area (TPSA) is 105 Å². The summed E-state index contributed by atoms with van der Waals surface area (Å²) in [6.45, 7) is -0.209. The summed E-state index contributed by atoms with van der Waals surface area (Å²) < 4.78 is 5.81. The van der Waals surface area contributed by atoms with Crippen LogP contribution in [0.1, 0.15) is 48.4 Å². The van der Waals surface area contributed by atoms with Gasteiger partial charge in [0.15, 0.2) is 0 Å². The second-order valence-electron chi connectivity index (χ2n) is 10.8. The van der Waals surface area contributed by atoms with E-state index in [1.165, 1.54) is 0 Å². The van der Waals surface area contributed by atoms with Gasteiger partial charge in [0.2, 0.25) is 11.8 Å². The lowest BCUT2D eigenvalue weighted by molar-refractivity contribution is -0.150. The standard InChI is InChI=1S/C35H40N2O5/c38-24-31(22-27-15-7-2-8-16-27)36-33(39)23-29-19-11-4-12-20-30(21-26-13-5-1-6-14-26)35(41)42-25-32(37-34(29)40)28-17-9-3-10-18-28/h1-11,13-18,29-32,38H,12,19-25H2,(H,36,39)(H,37,40)/t29-,30-,31-,32-/m1/s1. The number of hydrogen-bond acceptors (Lipinski definition) is 5. The Bertz CT molecular complexity index is 1300. The summed E-state index contributed by atoms with van der Waals surface area (Å²) in [4.78, 5) is 39.8. The maximum Gasteiger partial charge on any atom is 0.309 e. The fourth-order valence-electron chi connectivity index (χ4n) is 5.21. The zero-order valence-electron chi connectivity index (χ0n) is 23.9. The van der Waals surface area contributed by atoms with E-state index in [-0.39, 0.29) is 43.3 Å². The van der Waals surface area contributed by atoms with Crippen LogP contribution in [0.3, 0.4) is 0 Å². The van der Waals surface area contributed by atoms with E-state index in [4.69, 9.17) is 4.74 Å². The third kappa shape index (κ3) is 9.70. The average molecular weight is 569 g/mol. The van der Waals surface area contributed by atoms with Gasteiger partial charge >= 0.3 is 5.97 Å². The molecule has 3 aromatic carbocycles. The molecule has 42 heavy (non-hydrogen) atoms. The molecule has 1 aliphatic rings. The molecule has 0 saturated carbocycles. The van der Waals surface area contributed by atoms with E-state index in [0.717, 1.165) is 16.7 Å². The number of ether oxygens (including phenoxy) is 1. The maximum atomic E-state index is 13.6. The number of esters is 1. The molecule has 4 atom stereocenters. The fraction of sp³-hybridized carbons (Fsp3) is 0.343. The van der Waals surface area contributed by atoms with E-state index < -0.39 is 18.0 Å². The lowest BCUT2D eigenvalue weighted by Crippen LogP contribution is -2.42. The first-order valence-electron chi connectivity index (χ1n) is 14.7. The normalized spacial score (nSPS) is 20.6. The molecule has 0 fully saturated rings. The van der Waals surface area contributed by atoms with E-state index in [1.807, 2.05) is 103 Å². The molecular weight excluding hydrogens is 528 g/mol. The molecule has 0 saturated heterocycles. The Balaban J connectivity index is 1.48. The van der Waals surface area contributed by atoms with E-state index in [9.17, 15) is 19.5 Å². The third-order valence-corrected chi connectivity index (χ3v) is 7.55.